The van der Waals surface area contributed by atoms with Gasteiger partial charge in [-0.2, -0.15) is 0 Å². The van der Waals surface area contributed by atoms with E-state index in [1.807, 2.05) is 44.3 Å². The van der Waals surface area contributed by atoms with Crippen LogP contribution in [0.2, 0.25) is 0 Å². The smallest absolute Gasteiger partial charge is 0.179 e. The summed E-state index contributed by atoms with van der Waals surface area (Å²) in [7, 11) is 2.04. The second-order valence-corrected chi connectivity index (χ2v) is 4.30. The predicted molar refractivity (Wildman–Crippen MR) is 61.0 cm³/mol. The molecule has 1 unspecified atom stereocenters. The SMILES string of the molecule is CC(C(=O)c1ccccc1)N(C)C1CC1. The first-order valence-electron chi connectivity index (χ1n) is 5.51. The van der Waals surface area contributed by atoms with Crippen LogP contribution in [-0.4, -0.2) is 29.8 Å². The number of rotatable bonds is 4. The molecule has 2 nitrogen and oxygen atoms in total. The van der Waals surface area contributed by atoms with Crippen LogP contribution in [0, 0.1) is 0 Å². The topological polar surface area (TPSA) is 20.3 Å². The van der Waals surface area contributed by atoms with Crippen LogP contribution < -0.4 is 0 Å². The lowest BCUT2D eigenvalue weighted by atomic mass is 10.0. The van der Waals surface area contributed by atoms with E-state index < -0.39 is 0 Å². The number of benzene rings is 1. The fraction of sp³-hybridized carbons (Fsp3) is 0.462. The molecular weight excluding hydrogens is 186 g/mol. The van der Waals surface area contributed by atoms with Gasteiger partial charge in [0, 0.05) is 11.6 Å². The minimum Gasteiger partial charge on any atom is -0.294 e. The van der Waals surface area contributed by atoms with E-state index in [1.54, 1.807) is 0 Å². The molecule has 1 aromatic rings. The van der Waals surface area contributed by atoms with Crippen molar-refractivity contribution in [3.05, 3.63) is 35.9 Å². The first-order chi connectivity index (χ1) is 7.20. The first kappa shape index (κ1) is 10.4. The highest BCUT2D eigenvalue weighted by Gasteiger charge is 2.32. The molecule has 0 spiro atoms. The molecule has 0 aromatic heterocycles. The normalized spacial score (nSPS) is 17.8. The van der Waals surface area contributed by atoms with Crippen molar-refractivity contribution in [2.45, 2.75) is 31.8 Å². The predicted octanol–water partition coefficient (Wildman–Crippen LogP) is 2.35. The summed E-state index contributed by atoms with van der Waals surface area (Å²) in [5.41, 5.74) is 0.817. The van der Waals surface area contributed by atoms with E-state index >= 15 is 0 Å². The van der Waals surface area contributed by atoms with Gasteiger partial charge in [-0.1, -0.05) is 30.3 Å². The van der Waals surface area contributed by atoms with Crippen LogP contribution in [0.5, 0.6) is 0 Å². The Morgan fingerprint density at radius 3 is 2.47 bits per heavy atom. The molecule has 0 saturated heterocycles. The van der Waals surface area contributed by atoms with Crippen molar-refractivity contribution in [2.24, 2.45) is 0 Å². The van der Waals surface area contributed by atoms with Crippen LogP contribution in [0.3, 0.4) is 0 Å². The maximum atomic E-state index is 12.1. The van der Waals surface area contributed by atoms with E-state index in [9.17, 15) is 4.79 Å². The molecule has 1 atom stereocenters. The van der Waals surface area contributed by atoms with Crippen molar-refractivity contribution in [1.29, 1.82) is 0 Å². The average molecular weight is 203 g/mol. The molecule has 1 aromatic carbocycles. The van der Waals surface area contributed by atoms with Gasteiger partial charge in [0.25, 0.3) is 0 Å². The molecule has 0 N–H and O–H groups in total. The Morgan fingerprint density at radius 2 is 1.93 bits per heavy atom. The molecule has 1 aliphatic carbocycles. The van der Waals surface area contributed by atoms with Gasteiger partial charge in [-0.05, 0) is 26.8 Å². The Bertz CT molecular complexity index is 343. The summed E-state index contributed by atoms with van der Waals surface area (Å²) in [6, 6.07) is 10.2. The average Bonchev–Trinajstić information content (AvgIpc) is 3.11. The molecule has 15 heavy (non-hydrogen) atoms. The molecule has 0 bridgehead atoms. The van der Waals surface area contributed by atoms with Gasteiger partial charge in [0.2, 0.25) is 0 Å². The van der Waals surface area contributed by atoms with E-state index in [4.69, 9.17) is 0 Å². The van der Waals surface area contributed by atoms with E-state index in [1.165, 1.54) is 12.8 Å². The summed E-state index contributed by atoms with van der Waals surface area (Å²) < 4.78 is 0. The number of hydrogen-bond donors (Lipinski definition) is 0. The van der Waals surface area contributed by atoms with Gasteiger partial charge in [0.05, 0.1) is 6.04 Å². The van der Waals surface area contributed by atoms with Gasteiger partial charge in [0.15, 0.2) is 5.78 Å². The monoisotopic (exact) mass is 203 g/mol. The third kappa shape index (κ3) is 2.26. The number of Topliss-reactive ketones (excluding diaryl/α,β-unsaturated/α-hetero) is 1. The van der Waals surface area contributed by atoms with Gasteiger partial charge >= 0.3 is 0 Å². The van der Waals surface area contributed by atoms with Gasteiger partial charge in [0.1, 0.15) is 0 Å². The van der Waals surface area contributed by atoms with E-state index in [-0.39, 0.29) is 11.8 Å². The molecule has 2 rings (SSSR count). The third-order valence-corrected chi connectivity index (χ3v) is 3.17. The fourth-order valence-corrected chi connectivity index (χ4v) is 1.83. The van der Waals surface area contributed by atoms with Crippen LogP contribution in [0.15, 0.2) is 30.3 Å². The molecule has 1 saturated carbocycles. The lowest BCUT2D eigenvalue weighted by Crippen LogP contribution is -2.37. The van der Waals surface area contributed by atoms with Crippen molar-refractivity contribution < 1.29 is 4.79 Å². The standard InChI is InChI=1S/C13H17NO/c1-10(14(2)12-8-9-12)13(15)11-6-4-3-5-7-11/h3-7,10,12H,8-9H2,1-2H3. The first-order valence-corrected chi connectivity index (χ1v) is 5.51. The highest BCUT2D eigenvalue weighted by Crippen LogP contribution is 2.27. The number of nitrogens with zero attached hydrogens (tertiary/aromatic N) is 1. The van der Waals surface area contributed by atoms with Crippen molar-refractivity contribution in [1.82, 2.24) is 4.90 Å². The quantitative estimate of drug-likeness (QED) is 0.700. The minimum absolute atomic E-state index is 0.0000926. The molecule has 80 valence electrons. The minimum atomic E-state index is -0.0000926. The lowest BCUT2D eigenvalue weighted by molar-refractivity contribution is 0.0861. The Morgan fingerprint density at radius 1 is 1.33 bits per heavy atom. The molecule has 1 aliphatic rings. The lowest BCUT2D eigenvalue weighted by Gasteiger charge is -2.23. The zero-order chi connectivity index (χ0) is 10.8. The highest BCUT2D eigenvalue weighted by atomic mass is 16.1. The van der Waals surface area contributed by atoms with E-state index in [0.29, 0.717) is 6.04 Å². The van der Waals surface area contributed by atoms with E-state index in [2.05, 4.69) is 4.90 Å². The Labute approximate surface area is 90.9 Å². The van der Waals surface area contributed by atoms with Crippen molar-refractivity contribution in [2.75, 3.05) is 7.05 Å². The van der Waals surface area contributed by atoms with Crippen LogP contribution >= 0.6 is 0 Å². The summed E-state index contributed by atoms with van der Waals surface area (Å²) >= 11 is 0. The molecule has 2 heteroatoms. The number of hydrogen-bond acceptors (Lipinski definition) is 2. The molecule has 0 aliphatic heterocycles. The summed E-state index contributed by atoms with van der Waals surface area (Å²) in [6.07, 6.45) is 2.48. The largest absolute Gasteiger partial charge is 0.294 e. The summed E-state index contributed by atoms with van der Waals surface area (Å²) in [4.78, 5) is 14.3. The number of ketones is 1. The van der Waals surface area contributed by atoms with Gasteiger partial charge < -0.3 is 0 Å². The van der Waals surface area contributed by atoms with Crippen LogP contribution in [0.1, 0.15) is 30.1 Å². The zero-order valence-electron chi connectivity index (χ0n) is 9.31. The number of carbonyl (C=O) groups is 1. The Hall–Kier alpha value is -1.15. The number of likely N-dealkylation sites (N-methyl/N-ethyl adjacent to an activating group) is 1. The maximum Gasteiger partial charge on any atom is 0.179 e. The molecular formula is C13H17NO. The third-order valence-electron chi connectivity index (χ3n) is 3.17. The van der Waals surface area contributed by atoms with Crippen molar-refractivity contribution in [3.63, 3.8) is 0 Å². The van der Waals surface area contributed by atoms with Gasteiger partial charge in [-0.15, -0.1) is 0 Å². The second-order valence-electron chi connectivity index (χ2n) is 4.30. The highest BCUT2D eigenvalue weighted by molar-refractivity contribution is 5.99. The zero-order valence-corrected chi connectivity index (χ0v) is 9.31. The summed E-state index contributed by atoms with van der Waals surface area (Å²) in [5, 5.41) is 0. The molecule has 0 amide bonds. The fourth-order valence-electron chi connectivity index (χ4n) is 1.83. The van der Waals surface area contributed by atoms with Crippen molar-refractivity contribution in [3.8, 4) is 0 Å². The van der Waals surface area contributed by atoms with Crippen molar-refractivity contribution >= 4 is 5.78 Å². The van der Waals surface area contributed by atoms with Gasteiger partial charge in [-0.25, -0.2) is 0 Å². The summed E-state index contributed by atoms with van der Waals surface area (Å²) in [5.74, 6) is 0.227. The second kappa shape index (κ2) is 4.15. The number of carbonyl (C=O) groups excluding carboxylic acids is 1. The maximum absolute atomic E-state index is 12.1. The molecule has 0 radical (unpaired) electrons. The Kier molecular flexibility index (Phi) is 2.87. The Balaban J connectivity index is 2.07. The molecule has 0 heterocycles. The van der Waals surface area contributed by atoms with E-state index in [0.717, 1.165) is 5.56 Å². The van der Waals surface area contributed by atoms with Crippen LogP contribution in [-0.2, 0) is 0 Å². The molecule has 1 fully saturated rings. The van der Waals surface area contributed by atoms with Gasteiger partial charge in [-0.3, -0.25) is 9.69 Å². The van der Waals surface area contributed by atoms with Crippen LogP contribution in [0.25, 0.3) is 0 Å². The van der Waals surface area contributed by atoms with Crippen LogP contribution in [0.4, 0.5) is 0 Å². The summed E-state index contributed by atoms with van der Waals surface area (Å²) in [6.45, 7) is 1.99.